The van der Waals surface area contributed by atoms with Crippen LogP contribution in [-0.2, 0) is 16.1 Å². The molecule has 2 rings (SSSR count). The van der Waals surface area contributed by atoms with Gasteiger partial charge >= 0.3 is 0 Å². The molecule has 1 aliphatic heterocycles. The fourth-order valence-corrected chi connectivity index (χ4v) is 2.67. The van der Waals surface area contributed by atoms with Gasteiger partial charge in [-0.2, -0.15) is 0 Å². The molecule has 1 unspecified atom stereocenters. The highest BCUT2D eigenvalue weighted by Gasteiger charge is 2.20. The van der Waals surface area contributed by atoms with Crippen molar-refractivity contribution in [3.63, 3.8) is 0 Å². The van der Waals surface area contributed by atoms with E-state index in [0.717, 1.165) is 19.4 Å². The van der Waals surface area contributed by atoms with Crippen LogP contribution in [0.4, 0.5) is 0 Å². The summed E-state index contributed by atoms with van der Waals surface area (Å²) in [5.74, 6) is 0.289. The van der Waals surface area contributed by atoms with Gasteiger partial charge in [-0.25, -0.2) is 4.68 Å². The maximum Gasteiger partial charge on any atom is 0.230 e. The van der Waals surface area contributed by atoms with Gasteiger partial charge in [-0.3, -0.25) is 4.79 Å². The summed E-state index contributed by atoms with van der Waals surface area (Å²) in [6.07, 6.45) is 2.30. The molecule has 1 atom stereocenters. The third kappa shape index (κ3) is 4.75. The van der Waals surface area contributed by atoms with Crippen LogP contribution in [0.15, 0.2) is 5.16 Å². The number of carbonyl (C=O) groups excluding carboxylic acids is 1. The first-order valence-corrected chi connectivity index (χ1v) is 7.74. The fourth-order valence-electron chi connectivity index (χ4n) is 1.98. The summed E-state index contributed by atoms with van der Waals surface area (Å²) in [6.45, 7) is 7.32. The van der Waals surface area contributed by atoms with Gasteiger partial charge < -0.3 is 10.1 Å². The lowest BCUT2D eigenvalue weighted by Gasteiger charge is -2.20. The molecule has 2 heterocycles. The summed E-state index contributed by atoms with van der Waals surface area (Å²) >= 11 is 1.35. The van der Waals surface area contributed by atoms with Crippen molar-refractivity contribution < 1.29 is 9.53 Å². The highest BCUT2D eigenvalue weighted by Crippen LogP contribution is 2.18. The predicted molar refractivity (Wildman–Crippen MR) is 75.4 cm³/mol. The highest BCUT2D eigenvalue weighted by molar-refractivity contribution is 7.99. The summed E-state index contributed by atoms with van der Waals surface area (Å²) in [5.41, 5.74) is -0.221. The quantitative estimate of drug-likeness (QED) is 0.812. The molecule has 1 aliphatic rings. The number of amides is 1. The second kappa shape index (κ2) is 6.53. The van der Waals surface area contributed by atoms with Crippen LogP contribution in [0.5, 0.6) is 0 Å². The van der Waals surface area contributed by atoms with Crippen molar-refractivity contribution in [3.8, 4) is 0 Å². The van der Waals surface area contributed by atoms with E-state index in [0.29, 0.717) is 17.5 Å². The van der Waals surface area contributed by atoms with Gasteiger partial charge in [0.05, 0.1) is 18.4 Å². The van der Waals surface area contributed by atoms with E-state index in [2.05, 4.69) is 20.8 Å². The average molecular weight is 299 g/mol. The molecule has 20 heavy (non-hydrogen) atoms. The SMILES string of the molecule is CC(C)(C)NC(=O)CSc1nnnn1CC1CCCO1. The first-order chi connectivity index (χ1) is 9.44. The first-order valence-electron chi connectivity index (χ1n) is 6.75. The van der Waals surface area contributed by atoms with Gasteiger partial charge in [0.1, 0.15) is 0 Å². The van der Waals surface area contributed by atoms with E-state index in [9.17, 15) is 4.79 Å². The molecule has 1 aromatic heterocycles. The molecule has 1 fully saturated rings. The predicted octanol–water partition coefficient (Wildman–Crippen LogP) is 0.859. The zero-order valence-electron chi connectivity index (χ0n) is 12.1. The van der Waals surface area contributed by atoms with E-state index in [1.807, 2.05) is 20.8 Å². The lowest BCUT2D eigenvalue weighted by Crippen LogP contribution is -2.41. The molecule has 0 radical (unpaired) electrons. The third-order valence-electron chi connectivity index (χ3n) is 2.75. The summed E-state index contributed by atoms with van der Waals surface area (Å²) in [4.78, 5) is 11.8. The van der Waals surface area contributed by atoms with Crippen molar-refractivity contribution in [2.75, 3.05) is 12.4 Å². The second-order valence-corrected chi connectivity index (χ2v) is 6.81. The number of thioether (sulfide) groups is 1. The van der Waals surface area contributed by atoms with Crippen molar-refractivity contribution >= 4 is 17.7 Å². The molecule has 0 aliphatic carbocycles. The molecule has 8 heteroatoms. The van der Waals surface area contributed by atoms with Crippen LogP contribution >= 0.6 is 11.8 Å². The minimum absolute atomic E-state index is 0.0193. The lowest BCUT2D eigenvalue weighted by molar-refractivity contribution is -0.119. The Morgan fingerprint density at radius 2 is 2.35 bits per heavy atom. The molecule has 0 spiro atoms. The molecule has 0 saturated carbocycles. The first kappa shape index (κ1) is 15.2. The van der Waals surface area contributed by atoms with Crippen LogP contribution in [0.2, 0.25) is 0 Å². The number of aromatic nitrogens is 4. The van der Waals surface area contributed by atoms with Gasteiger partial charge in [-0.15, -0.1) is 5.10 Å². The smallest absolute Gasteiger partial charge is 0.230 e. The molecule has 7 nitrogen and oxygen atoms in total. The zero-order chi connectivity index (χ0) is 14.6. The van der Waals surface area contributed by atoms with Gasteiger partial charge in [0.2, 0.25) is 11.1 Å². The lowest BCUT2D eigenvalue weighted by atomic mass is 10.1. The van der Waals surface area contributed by atoms with E-state index < -0.39 is 0 Å². The minimum atomic E-state index is -0.221. The van der Waals surface area contributed by atoms with E-state index in [4.69, 9.17) is 4.74 Å². The number of hydrogen-bond donors (Lipinski definition) is 1. The largest absolute Gasteiger partial charge is 0.376 e. The van der Waals surface area contributed by atoms with Crippen LogP contribution in [0.1, 0.15) is 33.6 Å². The Morgan fingerprint density at radius 3 is 3.00 bits per heavy atom. The van der Waals surface area contributed by atoms with E-state index in [1.54, 1.807) is 4.68 Å². The van der Waals surface area contributed by atoms with E-state index >= 15 is 0 Å². The van der Waals surface area contributed by atoms with Crippen LogP contribution in [0, 0.1) is 0 Å². The van der Waals surface area contributed by atoms with Crippen molar-refractivity contribution in [2.24, 2.45) is 0 Å². The molecule has 0 bridgehead atoms. The highest BCUT2D eigenvalue weighted by atomic mass is 32.2. The molecular weight excluding hydrogens is 278 g/mol. The summed E-state index contributed by atoms with van der Waals surface area (Å²) in [5, 5.41) is 15.2. The number of ether oxygens (including phenoxy) is 1. The Morgan fingerprint density at radius 1 is 1.55 bits per heavy atom. The summed E-state index contributed by atoms with van der Waals surface area (Å²) in [6, 6.07) is 0. The number of nitrogens with one attached hydrogen (secondary N) is 1. The number of carbonyl (C=O) groups is 1. The van der Waals surface area contributed by atoms with Gasteiger partial charge in [-0.1, -0.05) is 11.8 Å². The van der Waals surface area contributed by atoms with E-state index in [-0.39, 0.29) is 17.6 Å². The van der Waals surface area contributed by atoms with Crippen molar-refractivity contribution in [3.05, 3.63) is 0 Å². The standard InChI is InChI=1S/C12H21N5O2S/c1-12(2,3)13-10(18)8-20-11-14-15-16-17(11)7-9-5-4-6-19-9/h9H,4-8H2,1-3H3,(H,13,18). The van der Waals surface area contributed by atoms with Crippen LogP contribution in [-0.4, -0.2) is 50.1 Å². The van der Waals surface area contributed by atoms with E-state index in [1.165, 1.54) is 11.8 Å². The van der Waals surface area contributed by atoms with Crippen molar-refractivity contribution in [2.45, 2.75) is 57.0 Å². The maximum atomic E-state index is 11.8. The summed E-state index contributed by atoms with van der Waals surface area (Å²) in [7, 11) is 0. The monoisotopic (exact) mass is 299 g/mol. The van der Waals surface area contributed by atoms with Crippen LogP contribution in [0.25, 0.3) is 0 Å². The van der Waals surface area contributed by atoms with Gasteiger partial charge in [0.15, 0.2) is 0 Å². The normalized spacial score (nSPS) is 19.2. The fraction of sp³-hybridized carbons (Fsp3) is 0.833. The molecular formula is C12H21N5O2S. The van der Waals surface area contributed by atoms with Crippen molar-refractivity contribution in [1.29, 1.82) is 0 Å². The number of rotatable bonds is 5. The minimum Gasteiger partial charge on any atom is -0.376 e. The van der Waals surface area contributed by atoms with Crippen LogP contribution < -0.4 is 5.32 Å². The summed E-state index contributed by atoms with van der Waals surface area (Å²) < 4.78 is 7.28. The zero-order valence-corrected chi connectivity index (χ0v) is 12.9. The van der Waals surface area contributed by atoms with Gasteiger partial charge in [0, 0.05) is 12.1 Å². The Bertz CT molecular complexity index is 451. The topological polar surface area (TPSA) is 81.9 Å². The molecule has 1 saturated heterocycles. The molecule has 1 aromatic rings. The Labute approximate surface area is 122 Å². The molecule has 1 N–H and O–H groups in total. The Balaban J connectivity index is 1.84. The average Bonchev–Trinajstić information content (AvgIpc) is 2.96. The molecule has 112 valence electrons. The Hall–Kier alpha value is -1.15. The van der Waals surface area contributed by atoms with Gasteiger partial charge in [0.25, 0.3) is 0 Å². The van der Waals surface area contributed by atoms with Crippen molar-refractivity contribution in [1.82, 2.24) is 25.5 Å². The Kier molecular flexibility index (Phi) is 4.98. The maximum absolute atomic E-state index is 11.8. The third-order valence-corrected chi connectivity index (χ3v) is 3.70. The molecule has 1 amide bonds. The number of hydrogen-bond acceptors (Lipinski definition) is 6. The van der Waals surface area contributed by atoms with Gasteiger partial charge in [-0.05, 0) is 44.0 Å². The number of tetrazole rings is 1. The molecule has 0 aromatic carbocycles. The number of nitrogens with zero attached hydrogens (tertiary/aromatic N) is 4. The second-order valence-electron chi connectivity index (χ2n) is 5.87. The van der Waals surface area contributed by atoms with Crippen LogP contribution in [0.3, 0.4) is 0 Å².